The largest absolute Gasteiger partial charge is 0.318 e. The second-order valence-corrected chi connectivity index (χ2v) is 9.60. The summed E-state index contributed by atoms with van der Waals surface area (Å²) >= 11 is 0. The van der Waals surface area contributed by atoms with Crippen molar-refractivity contribution >= 4 is 28.8 Å². The Kier molecular flexibility index (Phi) is 7.57. The van der Waals surface area contributed by atoms with E-state index < -0.39 is 0 Å². The molecule has 0 spiro atoms. The molecule has 0 N–H and O–H groups in total. The quantitative estimate of drug-likeness (QED) is 0.237. The molecule has 0 saturated carbocycles. The summed E-state index contributed by atoms with van der Waals surface area (Å²) in [4.78, 5) is 4.58. The first-order valence-corrected chi connectivity index (χ1v) is 13.1. The predicted molar refractivity (Wildman–Crippen MR) is 163 cm³/mol. The lowest BCUT2D eigenvalue weighted by Crippen LogP contribution is -2.22. The Hall–Kier alpha value is -4.74. The van der Waals surface area contributed by atoms with E-state index in [0.29, 0.717) is 5.92 Å². The molecular formula is C36H32N2. The lowest BCUT2D eigenvalue weighted by Gasteiger charge is -2.31. The zero-order chi connectivity index (χ0) is 26.3. The van der Waals surface area contributed by atoms with Gasteiger partial charge in [-0.25, -0.2) is 0 Å². The van der Waals surface area contributed by atoms with Crippen LogP contribution in [0, 0.1) is 18.3 Å². The topological polar surface area (TPSA) is 6.48 Å². The smallest absolute Gasteiger partial charge is 0.0474 e. The minimum Gasteiger partial charge on any atom is -0.318 e. The van der Waals surface area contributed by atoms with Crippen molar-refractivity contribution in [3.05, 3.63) is 150 Å². The summed E-state index contributed by atoms with van der Waals surface area (Å²) in [5, 5.41) is 0. The van der Waals surface area contributed by atoms with Crippen molar-refractivity contribution in [2.45, 2.75) is 20.3 Å². The first kappa shape index (κ1) is 24.9. The highest BCUT2D eigenvalue weighted by Crippen LogP contribution is 2.36. The van der Waals surface area contributed by atoms with Gasteiger partial charge in [0, 0.05) is 39.7 Å². The minimum atomic E-state index is 0.497. The van der Waals surface area contributed by atoms with Crippen LogP contribution in [0.25, 0.3) is 6.08 Å². The molecule has 0 fully saturated rings. The molecule has 2 nitrogen and oxygen atoms in total. The van der Waals surface area contributed by atoms with Crippen LogP contribution in [-0.2, 0) is 0 Å². The van der Waals surface area contributed by atoms with E-state index in [0.717, 1.165) is 46.0 Å². The van der Waals surface area contributed by atoms with Gasteiger partial charge in [0.05, 0.1) is 0 Å². The molecule has 0 saturated heterocycles. The van der Waals surface area contributed by atoms with E-state index in [1.807, 2.05) is 12.1 Å². The SMILES string of the molecule is C#Cc1cc(N(c2ccccc2)c2ccccc2)ccc1/C=C(\C)N(C1=CC=CC(C)C1)c1ccccc1. The van der Waals surface area contributed by atoms with E-state index >= 15 is 0 Å². The average molecular weight is 493 g/mol. The molecule has 186 valence electrons. The third kappa shape index (κ3) is 5.48. The van der Waals surface area contributed by atoms with E-state index in [-0.39, 0.29) is 0 Å². The number of hydrogen-bond acceptors (Lipinski definition) is 2. The van der Waals surface area contributed by atoms with Gasteiger partial charge in [0.15, 0.2) is 0 Å². The Labute approximate surface area is 226 Å². The lowest BCUT2D eigenvalue weighted by atomic mass is 9.98. The van der Waals surface area contributed by atoms with E-state index in [4.69, 9.17) is 6.42 Å². The molecular weight excluding hydrogens is 460 g/mol. The van der Waals surface area contributed by atoms with Gasteiger partial charge in [0.1, 0.15) is 0 Å². The fourth-order valence-electron chi connectivity index (χ4n) is 4.99. The molecule has 0 bridgehead atoms. The Morgan fingerprint density at radius 3 is 1.92 bits per heavy atom. The van der Waals surface area contributed by atoms with Crippen molar-refractivity contribution < 1.29 is 0 Å². The van der Waals surface area contributed by atoms with Crippen LogP contribution in [0.1, 0.15) is 31.4 Å². The fourth-order valence-corrected chi connectivity index (χ4v) is 4.99. The number of para-hydroxylation sites is 3. The maximum Gasteiger partial charge on any atom is 0.0474 e. The fraction of sp³-hybridized carbons (Fsp3) is 0.111. The summed E-state index contributed by atoms with van der Waals surface area (Å²) in [5.74, 6) is 3.45. The zero-order valence-electron chi connectivity index (χ0n) is 22.0. The van der Waals surface area contributed by atoms with Gasteiger partial charge in [0.2, 0.25) is 0 Å². The number of anilines is 4. The summed E-state index contributed by atoms with van der Waals surface area (Å²) in [6.45, 7) is 4.41. The number of allylic oxidation sites excluding steroid dienone is 5. The summed E-state index contributed by atoms with van der Waals surface area (Å²) in [7, 11) is 0. The standard InChI is InChI=1S/C36H32N2/c1-4-30-27-36(38(33-18-10-6-11-19-33)34-20-12-7-13-21-34)24-23-31(30)26-29(3)37(32-16-8-5-9-17-32)35-22-14-15-28(2)25-35/h1,5-24,26-28H,25H2,2-3H3/b29-26+. The van der Waals surface area contributed by atoms with Crippen molar-refractivity contribution in [1.29, 1.82) is 0 Å². The van der Waals surface area contributed by atoms with Crippen molar-refractivity contribution in [3.63, 3.8) is 0 Å². The number of nitrogens with zero attached hydrogens (tertiary/aromatic N) is 2. The minimum absolute atomic E-state index is 0.497. The average Bonchev–Trinajstić information content (AvgIpc) is 2.96. The van der Waals surface area contributed by atoms with E-state index in [1.165, 1.54) is 5.70 Å². The molecule has 1 unspecified atom stereocenters. The van der Waals surface area contributed by atoms with Gasteiger partial charge in [-0.2, -0.15) is 0 Å². The number of hydrogen-bond donors (Lipinski definition) is 0. The van der Waals surface area contributed by atoms with Crippen LogP contribution < -0.4 is 9.80 Å². The normalized spacial score (nSPS) is 14.9. The molecule has 4 aromatic rings. The highest BCUT2D eigenvalue weighted by atomic mass is 15.2. The molecule has 0 radical (unpaired) electrons. The molecule has 5 rings (SSSR count). The van der Waals surface area contributed by atoms with Crippen molar-refractivity contribution in [1.82, 2.24) is 0 Å². The van der Waals surface area contributed by atoms with Crippen LogP contribution in [-0.4, -0.2) is 0 Å². The Balaban J connectivity index is 1.56. The van der Waals surface area contributed by atoms with Crippen LogP contribution in [0.15, 0.2) is 139 Å². The summed E-state index contributed by atoms with van der Waals surface area (Å²) < 4.78 is 0. The Morgan fingerprint density at radius 2 is 1.37 bits per heavy atom. The van der Waals surface area contributed by atoms with Gasteiger partial charge in [-0.1, -0.05) is 85.7 Å². The highest BCUT2D eigenvalue weighted by molar-refractivity contribution is 5.79. The number of terminal acetylenes is 1. The van der Waals surface area contributed by atoms with Gasteiger partial charge in [-0.15, -0.1) is 6.42 Å². The Morgan fingerprint density at radius 1 is 0.789 bits per heavy atom. The van der Waals surface area contributed by atoms with Gasteiger partial charge in [-0.05, 0) is 85.5 Å². The van der Waals surface area contributed by atoms with E-state index in [9.17, 15) is 0 Å². The van der Waals surface area contributed by atoms with Crippen molar-refractivity contribution in [2.24, 2.45) is 5.92 Å². The molecule has 1 aliphatic rings. The third-order valence-electron chi connectivity index (χ3n) is 6.76. The molecule has 0 heterocycles. The van der Waals surface area contributed by atoms with Crippen molar-refractivity contribution in [3.8, 4) is 12.3 Å². The molecule has 2 heteroatoms. The summed E-state index contributed by atoms with van der Waals surface area (Å²) in [5.41, 5.74) is 8.63. The summed E-state index contributed by atoms with van der Waals surface area (Å²) in [6, 6.07) is 37.7. The first-order valence-electron chi connectivity index (χ1n) is 13.1. The Bertz CT molecular complexity index is 1470. The van der Waals surface area contributed by atoms with Crippen LogP contribution in [0.3, 0.4) is 0 Å². The van der Waals surface area contributed by atoms with Crippen molar-refractivity contribution in [2.75, 3.05) is 9.80 Å². The zero-order valence-corrected chi connectivity index (χ0v) is 22.0. The number of rotatable bonds is 7. The predicted octanol–water partition coefficient (Wildman–Crippen LogP) is 9.48. The summed E-state index contributed by atoms with van der Waals surface area (Å²) in [6.07, 6.45) is 15.9. The maximum absolute atomic E-state index is 6.09. The molecule has 0 aromatic heterocycles. The van der Waals surface area contributed by atoms with Gasteiger partial charge < -0.3 is 9.80 Å². The molecule has 38 heavy (non-hydrogen) atoms. The molecule has 1 aliphatic carbocycles. The second kappa shape index (κ2) is 11.5. The van der Waals surface area contributed by atoms with Crippen LogP contribution in [0.5, 0.6) is 0 Å². The van der Waals surface area contributed by atoms with Crippen LogP contribution in [0.2, 0.25) is 0 Å². The molecule has 0 amide bonds. The third-order valence-corrected chi connectivity index (χ3v) is 6.76. The highest BCUT2D eigenvalue weighted by Gasteiger charge is 2.18. The molecule has 0 aliphatic heterocycles. The van der Waals surface area contributed by atoms with E-state index in [2.05, 4.69) is 151 Å². The van der Waals surface area contributed by atoms with Crippen LogP contribution >= 0.6 is 0 Å². The van der Waals surface area contributed by atoms with Gasteiger partial charge >= 0.3 is 0 Å². The van der Waals surface area contributed by atoms with E-state index in [1.54, 1.807) is 0 Å². The lowest BCUT2D eigenvalue weighted by molar-refractivity contribution is 0.691. The number of benzene rings is 4. The van der Waals surface area contributed by atoms with Crippen LogP contribution in [0.4, 0.5) is 22.7 Å². The first-order chi connectivity index (χ1) is 18.6. The molecule has 1 atom stereocenters. The maximum atomic E-state index is 6.09. The second-order valence-electron chi connectivity index (χ2n) is 9.60. The van der Waals surface area contributed by atoms with Gasteiger partial charge in [-0.3, -0.25) is 0 Å². The molecule has 4 aromatic carbocycles. The van der Waals surface area contributed by atoms with Gasteiger partial charge in [0.25, 0.3) is 0 Å². The monoisotopic (exact) mass is 492 g/mol.